The Morgan fingerprint density at radius 2 is 1.70 bits per heavy atom. The number of methoxy groups -OCH3 is 2. The number of hydrogen-bond acceptors (Lipinski definition) is 5. The van der Waals surface area contributed by atoms with Crippen molar-refractivity contribution in [3.05, 3.63) is 65.7 Å². The second kappa shape index (κ2) is 7.79. The van der Waals surface area contributed by atoms with Crippen LogP contribution >= 0.6 is 0 Å². The van der Waals surface area contributed by atoms with Crippen LogP contribution in [0.4, 0.5) is 5.69 Å². The standard InChI is InChI=1S/C18H17NO4/c1-22-16-11-7-6-10-14(16)17(20)15(18(21)23-2)12-19-13-8-4-3-5-9-13/h3-12,20H,1-2H3/b17-15-,19-12?. The lowest BCUT2D eigenvalue weighted by atomic mass is 10.1. The molecule has 0 aliphatic heterocycles. The first-order valence-electron chi connectivity index (χ1n) is 6.91. The third kappa shape index (κ3) is 3.97. The third-order valence-electron chi connectivity index (χ3n) is 3.12. The van der Waals surface area contributed by atoms with Gasteiger partial charge in [0.2, 0.25) is 0 Å². The van der Waals surface area contributed by atoms with Gasteiger partial charge in [0.15, 0.2) is 0 Å². The molecule has 0 amide bonds. The molecule has 0 aliphatic rings. The molecule has 0 radical (unpaired) electrons. The minimum absolute atomic E-state index is 0.0548. The van der Waals surface area contributed by atoms with Gasteiger partial charge in [-0.2, -0.15) is 0 Å². The number of aliphatic hydroxyl groups is 1. The van der Waals surface area contributed by atoms with Gasteiger partial charge in [-0.1, -0.05) is 30.3 Å². The molecule has 0 atom stereocenters. The molecule has 0 fully saturated rings. The average Bonchev–Trinajstić information content (AvgIpc) is 2.62. The molecule has 5 heteroatoms. The second-order valence-corrected chi connectivity index (χ2v) is 4.55. The zero-order valence-electron chi connectivity index (χ0n) is 12.9. The predicted molar refractivity (Wildman–Crippen MR) is 89.2 cm³/mol. The van der Waals surface area contributed by atoms with Crippen molar-refractivity contribution < 1.29 is 19.4 Å². The van der Waals surface area contributed by atoms with Crippen LogP contribution in [0.3, 0.4) is 0 Å². The molecule has 0 aromatic heterocycles. The van der Waals surface area contributed by atoms with Crippen LogP contribution in [-0.2, 0) is 9.53 Å². The van der Waals surface area contributed by atoms with Crippen molar-refractivity contribution in [1.82, 2.24) is 0 Å². The number of carbonyl (C=O) groups excluding carboxylic acids is 1. The van der Waals surface area contributed by atoms with Crippen molar-refractivity contribution in [1.29, 1.82) is 0 Å². The summed E-state index contributed by atoms with van der Waals surface area (Å²) in [5, 5.41) is 10.5. The van der Waals surface area contributed by atoms with Crippen LogP contribution in [0.15, 0.2) is 65.2 Å². The second-order valence-electron chi connectivity index (χ2n) is 4.55. The molecule has 5 nitrogen and oxygen atoms in total. The molecule has 1 N–H and O–H groups in total. The van der Waals surface area contributed by atoms with Crippen LogP contribution in [0.25, 0.3) is 5.76 Å². The van der Waals surface area contributed by atoms with Crippen molar-refractivity contribution in [3.8, 4) is 5.75 Å². The number of esters is 1. The Bertz CT molecular complexity index is 736. The van der Waals surface area contributed by atoms with Gasteiger partial charge >= 0.3 is 5.97 Å². The lowest BCUT2D eigenvalue weighted by Gasteiger charge is -2.09. The first-order chi connectivity index (χ1) is 11.2. The zero-order chi connectivity index (χ0) is 16.7. The molecule has 0 saturated heterocycles. The van der Waals surface area contributed by atoms with Crippen LogP contribution in [-0.4, -0.2) is 31.5 Å². The number of aliphatic imine (C=N–C) groups is 1. The first kappa shape index (κ1) is 16.3. The maximum Gasteiger partial charge on any atom is 0.343 e. The summed E-state index contributed by atoms with van der Waals surface area (Å²) in [5.74, 6) is -0.499. The highest BCUT2D eigenvalue weighted by Gasteiger charge is 2.18. The lowest BCUT2D eigenvalue weighted by Crippen LogP contribution is -2.09. The SMILES string of the molecule is COC(=O)/C(C=Nc1ccccc1)=C(\O)c1ccccc1OC. The minimum atomic E-state index is -0.687. The first-order valence-corrected chi connectivity index (χ1v) is 6.91. The maximum atomic E-state index is 12.0. The van der Waals surface area contributed by atoms with Crippen LogP contribution < -0.4 is 4.74 Å². The van der Waals surface area contributed by atoms with E-state index in [2.05, 4.69) is 4.99 Å². The molecule has 0 heterocycles. The highest BCUT2D eigenvalue weighted by Crippen LogP contribution is 2.26. The molecule has 0 saturated carbocycles. The van der Waals surface area contributed by atoms with Crippen molar-refractivity contribution in [2.45, 2.75) is 0 Å². The summed E-state index contributed by atoms with van der Waals surface area (Å²) in [6, 6.07) is 15.9. The number of carbonyl (C=O) groups is 1. The Morgan fingerprint density at radius 1 is 1.04 bits per heavy atom. The van der Waals surface area contributed by atoms with Gasteiger partial charge in [0.1, 0.15) is 17.1 Å². The molecule has 0 unspecified atom stereocenters. The van der Waals surface area contributed by atoms with Crippen LogP contribution in [0.5, 0.6) is 5.75 Å². The van der Waals surface area contributed by atoms with Gasteiger partial charge in [0, 0.05) is 6.21 Å². The van der Waals surface area contributed by atoms with Crippen LogP contribution in [0, 0.1) is 0 Å². The number of para-hydroxylation sites is 2. The topological polar surface area (TPSA) is 68.1 Å². The molecule has 0 bridgehead atoms. The Hall–Kier alpha value is -3.08. The summed E-state index contributed by atoms with van der Waals surface area (Å²) < 4.78 is 9.93. The Balaban J connectivity index is 2.48. The van der Waals surface area contributed by atoms with Crippen molar-refractivity contribution in [2.24, 2.45) is 4.99 Å². The average molecular weight is 311 g/mol. The molecule has 23 heavy (non-hydrogen) atoms. The van der Waals surface area contributed by atoms with E-state index in [-0.39, 0.29) is 11.3 Å². The summed E-state index contributed by atoms with van der Waals surface area (Å²) in [5.41, 5.74) is 0.984. The number of benzene rings is 2. The van der Waals surface area contributed by atoms with E-state index >= 15 is 0 Å². The fraction of sp³-hybridized carbons (Fsp3) is 0.111. The quantitative estimate of drug-likeness (QED) is 0.397. The van der Waals surface area contributed by atoms with Gasteiger partial charge in [0.25, 0.3) is 0 Å². The highest BCUT2D eigenvalue weighted by atomic mass is 16.5. The van der Waals surface area contributed by atoms with E-state index in [0.29, 0.717) is 17.0 Å². The summed E-state index contributed by atoms with van der Waals surface area (Å²) >= 11 is 0. The molecule has 0 spiro atoms. The van der Waals surface area contributed by atoms with E-state index < -0.39 is 5.97 Å². The van der Waals surface area contributed by atoms with Crippen molar-refractivity contribution >= 4 is 23.6 Å². The monoisotopic (exact) mass is 311 g/mol. The van der Waals surface area contributed by atoms with Gasteiger partial charge in [-0.15, -0.1) is 0 Å². The number of ether oxygens (including phenoxy) is 2. The predicted octanol–water partition coefficient (Wildman–Crippen LogP) is 3.54. The Kier molecular flexibility index (Phi) is 5.52. The molecular formula is C18H17NO4. The lowest BCUT2D eigenvalue weighted by molar-refractivity contribution is -0.135. The van der Waals surface area contributed by atoms with Gasteiger partial charge in [-0.25, -0.2) is 4.79 Å². The fourth-order valence-corrected chi connectivity index (χ4v) is 1.96. The van der Waals surface area contributed by atoms with Crippen LogP contribution in [0.1, 0.15) is 5.56 Å². The number of rotatable bonds is 5. The number of nitrogens with zero attached hydrogens (tertiary/aromatic N) is 1. The van der Waals surface area contributed by atoms with Gasteiger partial charge in [-0.3, -0.25) is 4.99 Å². The van der Waals surface area contributed by atoms with E-state index in [1.165, 1.54) is 20.4 Å². The van der Waals surface area contributed by atoms with Gasteiger partial charge in [-0.05, 0) is 24.3 Å². The summed E-state index contributed by atoms with van der Waals surface area (Å²) in [7, 11) is 2.73. The summed E-state index contributed by atoms with van der Waals surface area (Å²) in [6.07, 6.45) is 1.28. The largest absolute Gasteiger partial charge is 0.506 e. The fourth-order valence-electron chi connectivity index (χ4n) is 1.96. The van der Waals surface area contributed by atoms with Gasteiger partial charge < -0.3 is 14.6 Å². The van der Waals surface area contributed by atoms with Gasteiger partial charge in [0.05, 0.1) is 25.5 Å². The Morgan fingerprint density at radius 3 is 2.35 bits per heavy atom. The maximum absolute atomic E-state index is 12.0. The van der Waals surface area contributed by atoms with Crippen molar-refractivity contribution in [2.75, 3.05) is 14.2 Å². The third-order valence-corrected chi connectivity index (χ3v) is 3.12. The molecule has 2 aromatic carbocycles. The van der Waals surface area contributed by atoms with E-state index in [4.69, 9.17) is 9.47 Å². The molecule has 2 aromatic rings. The van der Waals surface area contributed by atoms with Crippen molar-refractivity contribution in [3.63, 3.8) is 0 Å². The minimum Gasteiger partial charge on any atom is -0.506 e. The molecule has 118 valence electrons. The zero-order valence-corrected chi connectivity index (χ0v) is 12.9. The normalized spacial score (nSPS) is 11.9. The van der Waals surface area contributed by atoms with E-state index in [9.17, 15) is 9.90 Å². The summed E-state index contributed by atoms with van der Waals surface area (Å²) in [4.78, 5) is 16.2. The number of hydrogen-bond donors (Lipinski definition) is 1. The van der Waals surface area contributed by atoms with E-state index in [0.717, 1.165) is 0 Å². The van der Waals surface area contributed by atoms with Crippen LogP contribution in [0.2, 0.25) is 0 Å². The van der Waals surface area contributed by atoms with E-state index in [1.807, 2.05) is 18.2 Å². The smallest absolute Gasteiger partial charge is 0.343 e. The highest BCUT2D eigenvalue weighted by molar-refractivity contribution is 6.15. The molecular weight excluding hydrogens is 294 g/mol. The Labute approximate surface area is 134 Å². The number of aliphatic hydroxyl groups excluding tert-OH is 1. The van der Waals surface area contributed by atoms with E-state index in [1.54, 1.807) is 36.4 Å². The summed E-state index contributed by atoms with van der Waals surface area (Å²) in [6.45, 7) is 0. The molecule has 2 rings (SSSR count). The molecule has 0 aliphatic carbocycles.